The van der Waals surface area contributed by atoms with E-state index in [1.165, 1.54) is 10.7 Å². The molecule has 4 rings (SSSR count). The molecule has 7 nitrogen and oxygen atoms in total. The third-order valence-corrected chi connectivity index (χ3v) is 6.08. The number of rotatable bonds is 7. The molecule has 0 saturated carbocycles. The van der Waals surface area contributed by atoms with Crippen molar-refractivity contribution in [3.05, 3.63) is 70.3 Å². The van der Waals surface area contributed by atoms with E-state index < -0.39 is 5.82 Å². The van der Waals surface area contributed by atoms with Gasteiger partial charge in [-0.3, -0.25) is 9.69 Å². The van der Waals surface area contributed by atoms with Crippen LogP contribution in [-0.2, 0) is 4.74 Å². The summed E-state index contributed by atoms with van der Waals surface area (Å²) in [6.07, 6.45) is 0. The molecule has 0 bridgehead atoms. The van der Waals surface area contributed by atoms with Crippen molar-refractivity contribution in [3.8, 4) is 11.4 Å². The zero-order valence-electron chi connectivity index (χ0n) is 18.6. The fraction of sp³-hybridized carbons (Fsp3) is 0.333. The van der Waals surface area contributed by atoms with Gasteiger partial charge in [0.05, 0.1) is 29.6 Å². The number of aromatic nitrogens is 2. The van der Waals surface area contributed by atoms with Crippen molar-refractivity contribution >= 4 is 23.2 Å². The molecule has 33 heavy (non-hydrogen) atoms. The Morgan fingerprint density at radius 3 is 2.55 bits per heavy atom. The lowest BCUT2D eigenvalue weighted by Gasteiger charge is -2.26. The Hall–Kier alpha value is -2.94. The molecule has 1 amide bonds. The van der Waals surface area contributed by atoms with Gasteiger partial charge in [0.25, 0.3) is 5.91 Å². The summed E-state index contributed by atoms with van der Waals surface area (Å²) in [7, 11) is 0. The average Bonchev–Trinajstić information content (AvgIpc) is 3.07. The molecular formula is C24H26ClFN4O3. The van der Waals surface area contributed by atoms with Crippen LogP contribution in [0.1, 0.15) is 21.7 Å². The third kappa shape index (κ3) is 5.52. The van der Waals surface area contributed by atoms with E-state index in [0.717, 1.165) is 32.8 Å². The fourth-order valence-electron chi connectivity index (χ4n) is 3.64. The second-order valence-corrected chi connectivity index (χ2v) is 8.22. The van der Waals surface area contributed by atoms with Crippen molar-refractivity contribution in [3.63, 3.8) is 0 Å². The summed E-state index contributed by atoms with van der Waals surface area (Å²) in [6.45, 7) is 8.28. The van der Waals surface area contributed by atoms with Gasteiger partial charge in [0.15, 0.2) is 5.82 Å². The first-order valence-corrected chi connectivity index (χ1v) is 11.2. The molecule has 0 radical (unpaired) electrons. The van der Waals surface area contributed by atoms with E-state index in [1.807, 2.05) is 0 Å². The van der Waals surface area contributed by atoms with Crippen molar-refractivity contribution in [1.82, 2.24) is 14.7 Å². The normalized spacial score (nSPS) is 14.3. The van der Waals surface area contributed by atoms with Crippen molar-refractivity contribution in [2.75, 3.05) is 44.8 Å². The summed E-state index contributed by atoms with van der Waals surface area (Å²) >= 11 is 6.16. The second kappa shape index (κ2) is 10.3. The molecule has 0 atom stereocenters. The van der Waals surface area contributed by atoms with Crippen molar-refractivity contribution in [2.24, 2.45) is 0 Å². The minimum Gasteiger partial charge on any atom is -0.492 e. The van der Waals surface area contributed by atoms with Crippen LogP contribution in [0.3, 0.4) is 0 Å². The minimum absolute atomic E-state index is 0.263. The highest BCUT2D eigenvalue weighted by Gasteiger charge is 2.15. The third-order valence-electron chi connectivity index (χ3n) is 5.53. The van der Waals surface area contributed by atoms with Gasteiger partial charge in [-0.1, -0.05) is 11.6 Å². The van der Waals surface area contributed by atoms with Gasteiger partial charge in [0.2, 0.25) is 0 Å². The van der Waals surface area contributed by atoms with Gasteiger partial charge >= 0.3 is 0 Å². The van der Waals surface area contributed by atoms with E-state index in [4.69, 9.17) is 21.1 Å². The number of halogens is 2. The van der Waals surface area contributed by atoms with Gasteiger partial charge < -0.3 is 14.8 Å². The number of nitrogens with zero attached hydrogens (tertiary/aromatic N) is 3. The number of carbonyl (C=O) groups excluding carboxylic acids is 1. The van der Waals surface area contributed by atoms with E-state index in [1.54, 1.807) is 50.2 Å². The molecular weight excluding hydrogens is 447 g/mol. The Morgan fingerprint density at radius 1 is 1.18 bits per heavy atom. The summed E-state index contributed by atoms with van der Waals surface area (Å²) in [5.41, 5.74) is 2.33. The number of amides is 1. The molecule has 1 saturated heterocycles. The fourth-order valence-corrected chi connectivity index (χ4v) is 3.76. The van der Waals surface area contributed by atoms with E-state index >= 15 is 0 Å². The van der Waals surface area contributed by atoms with Crippen molar-refractivity contribution in [2.45, 2.75) is 13.8 Å². The summed E-state index contributed by atoms with van der Waals surface area (Å²) in [4.78, 5) is 14.9. The van der Waals surface area contributed by atoms with E-state index in [-0.39, 0.29) is 11.6 Å². The van der Waals surface area contributed by atoms with Crippen LogP contribution < -0.4 is 10.1 Å². The first-order chi connectivity index (χ1) is 15.9. The molecule has 1 fully saturated rings. The predicted octanol–water partition coefficient (Wildman–Crippen LogP) is 4.24. The number of hydrogen-bond donors (Lipinski definition) is 1. The average molecular weight is 473 g/mol. The van der Waals surface area contributed by atoms with Gasteiger partial charge in [-0.2, -0.15) is 5.10 Å². The summed E-state index contributed by atoms with van der Waals surface area (Å²) < 4.78 is 27.3. The highest BCUT2D eigenvalue weighted by Crippen LogP contribution is 2.25. The number of carbonyl (C=O) groups is 1. The Kier molecular flexibility index (Phi) is 7.27. The zero-order chi connectivity index (χ0) is 23.4. The molecule has 0 aliphatic carbocycles. The van der Waals surface area contributed by atoms with Crippen LogP contribution in [0.5, 0.6) is 5.75 Å². The maximum Gasteiger partial charge on any atom is 0.255 e. The Labute approximate surface area is 197 Å². The number of anilines is 1. The molecule has 9 heteroatoms. The van der Waals surface area contributed by atoms with E-state index in [9.17, 15) is 9.18 Å². The second-order valence-electron chi connectivity index (χ2n) is 7.84. The predicted molar refractivity (Wildman–Crippen MR) is 125 cm³/mol. The summed E-state index contributed by atoms with van der Waals surface area (Å²) in [5, 5.41) is 7.49. The van der Waals surface area contributed by atoms with Crippen LogP contribution in [0.4, 0.5) is 10.1 Å². The van der Waals surface area contributed by atoms with Crippen LogP contribution in [0.2, 0.25) is 5.02 Å². The van der Waals surface area contributed by atoms with Crippen LogP contribution in [0.15, 0.2) is 42.5 Å². The topological polar surface area (TPSA) is 68.6 Å². The lowest BCUT2D eigenvalue weighted by Crippen LogP contribution is -2.38. The zero-order valence-corrected chi connectivity index (χ0v) is 19.4. The molecule has 3 aromatic rings. The maximum absolute atomic E-state index is 14.7. The standard InChI is InChI=1S/C24H26ClFN4O3/c1-16-23(25)17(2)30(28-16)22-8-5-19(15-21(22)26)27-24(31)18-3-6-20(7-4-18)33-14-11-29-9-12-32-13-10-29/h3-8,15H,9-14H2,1-2H3,(H,27,31). The molecule has 1 aliphatic rings. The van der Waals surface area contributed by atoms with Crippen LogP contribution in [0.25, 0.3) is 5.69 Å². The molecule has 0 unspecified atom stereocenters. The molecule has 0 spiro atoms. The van der Waals surface area contributed by atoms with Crippen LogP contribution >= 0.6 is 11.6 Å². The van der Waals surface area contributed by atoms with E-state index in [2.05, 4.69) is 15.3 Å². The molecule has 2 aromatic carbocycles. The number of hydrogen-bond acceptors (Lipinski definition) is 5. The summed E-state index contributed by atoms with van der Waals surface area (Å²) in [6, 6.07) is 11.3. The lowest BCUT2D eigenvalue weighted by atomic mass is 10.2. The molecule has 1 aliphatic heterocycles. The quantitative estimate of drug-likeness (QED) is 0.557. The Morgan fingerprint density at radius 2 is 1.91 bits per heavy atom. The maximum atomic E-state index is 14.7. The number of nitrogens with one attached hydrogen (secondary N) is 1. The number of ether oxygens (including phenoxy) is 2. The Balaban J connectivity index is 1.34. The Bertz CT molecular complexity index is 1130. The summed E-state index contributed by atoms with van der Waals surface area (Å²) in [5.74, 6) is -0.158. The number of benzene rings is 2. The number of aryl methyl sites for hydroxylation is 1. The molecule has 174 valence electrons. The van der Waals surface area contributed by atoms with Gasteiger partial charge in [-0.05, 0) is 56.3 Å². The SMILES string of the molecule is Cc1nn(-c2ccc(NC(=O)c3ccc(OCCN4CCOCC4)cc3)cc2F)c(C)c1Cl. The largest absolute Gasteiger partial charge is 0.492 e. The highest BCUT2D eigenvalue weighted by molar-refractivity contribution is 6.31. The first-order valence-electron chi connectivity index (χ1n) is 10.8. The minimum atomic E-state index is -0.515. The van der Waals surface area contributed by atoms with Gasteiger partial charge in [-0.25, -0.2) is 9.07 Å². The molecule has 1 N–H and O–H groups in total. The van der Waals surface area contributed by atoms with Crippen molar-refractivity contribution < 1.29 is 18.7 Å². The van der Waals surface area contributed by atoms with Gasteiger partial charge in [0.1, 0.15) is 18.0 Å². The molecule has 2 heterocycles. The van der Waals surface area contributed by atoms with Crippen LogP contribution in [-0.4, -0.2) is 60.0 Å². The highest BCUT2D eigenvalue weighted by atomic mass is 35.5. The smallest absolute Gasteiger partial charge is 0.255 e. The molecule has 1 aromatic heterocycles. The monoisotopic (exact) mass is 472 g/mol. The lowest BCUT2D eigenvalue weighted by molar-refractivity contribution is 0.0322. The van der Waals surface area contributed by atoms with Gasteiger partial charge in [0, 0.05) is 30.9 Å². The van der Waals surface area contributed by atoms with Crippen molar-refractivity contribution in [1.29, 1.82) is 0 Å². The van der Waals surface area contributed by atoms with E-state index in [0.29, 0.717) is 40.0 Å². The number of morpholine rings is 1. The van der Waals surface area contributed by atoms with Gasteiger partial charge in [-0.15, -0.1) is 0 Å². The first kappa shape index (κ1) is 23.2. The van der Waals surface area contributed by atoms with Crippen LogP contribution in [0, 0.1) is 19.7 Å².